The lowest BCUT2D eigenvalue weighted by atomic mass is 10.1. The fraction of sp³-hybridized carbons (Fsp3) is 0.581. The van der Waals surface area contributed by atoms with E-state index < -0.39 is 101 Å². The first-order valence-corrected chi connectivity index (χ1v) is 20.8. The summed E-state index contributed by atoms with van der Waals surface area (Å²) in [5, 5.41) is 23.0. The third-order valence-electron chi connectivity index (χ3n) is 9.21. The number of fused-ring (bicyclic) bond motifs is 1. The molecule has 0 radical (unpaired) electrons. The lowest BCUT2D eigenvalue weighted by molar-refractivity contribution is -0.167. The van der Waals surface area contributed by atoms with Gasteiger partial charge in [0.05, 0.1) is 26.1 Å². The van der Waals surface area contributed by atoms with Crippen LogP contribution in [-0.4, -0.2) is 146 Å². The molecule has 2 fully saturated rings. The van der Waals surface area contributed by atoms with Crippen molar-refractivity contribution >= 4 is 50.1 Å². The molecule has 25 nitrogen and oxygen atoms in total. The van der Waals surface area contributed by atoms with Gasteiger partial charge in [-0.05, 0) is 18.9 Å². The Morgan fingerprint density at radius 1 is 1.05 bits per heavy atom. The number of carbonyl (C=O) groups excluding carboxylic acids is 2. The van der Waals surface area contributed by atoms with Gasteiger partial charge in [0.25, 0.3) is 0 Å². The maximum Gasteiger partial charge on any atom is 0.469 e. The maximum atomic E-state index is 14.1. The van der Waals surface area contributed by atoms with Gasteiger partial charge >= 0.3 is 27.1 Å². The Balaban J connectivity index is 1.45. The molecule has 5 rings (SSSR count). The molecule has 2 aliphatic rings. The topological polar surface area (TPSA) is 359 Å². The number of imidazole rings is 1. The Labute approximate surface area is 329 Å². The molecule has 27 heteroatoms. The van der Waals surface area contributed by atoms with Crippen LogP contribution in [0.25, 0.3) is 11.2 Å². The average Bonchev–Trinajstić information content (AvgIpc) is 3.83. The zero-order valence-corrected chi connectivity index (χ0v) is 32.9. The number of rotatable bonds is 19. The van der Waals surface area contributed by atoms with Crippen LogP contribution in [0.1, 0.15) is 38.6 Å². The molecule has 0 aliphatic carbocycles. The number of aliphatic hydroxyl groups is 2. The second kappa shape index (κ2) is 18.8. The monoisotopic (exact) mass is 861 g/mol. The summed E-state index contributed by atoms with van der Waals surface area (Å²) in [4.78, 5) is 86.3. The molecule has 1 amide bonds. The Hall–Kier alpha value is -4.23. The first kappa shape index (κ1) is 44.9. The van der Waals surface area contributed by atoms with Gasteiger partial charge in [-0.15, -0.1) is 6.58 Å². The maximum absolute atomic E-state index is 14.1. The number of amides is 1. The van der Waals surface area contributed by atoms with Gasteiger partial charge in [0.2, 0.25) is 5.91 Å². The molecule has 2 aliphatic heterocycles. The predicted molar refractivity (Wildman–Crippen MR) is 197 cm³/mol. The first-order valence-electron chi connectivity index (χ1n) is 17.6. The number of phosphoric acid groups is 1. The van der Waals surface area contributed by atoms with Crippen molar-refractivity contribution in [1.82, 2.24) is 34.0 Å². The second-order valence-electron chi connectivity index (χ2n) is 13.2. The Kier molecular flexibility index (Phi) is 14.5. The summed E-state index contributed by atoms with van der Waals surface area (Å²) >= 11 is 0. The molecule has 0 bridgehead atoms. The standard InChI is InChI=1S/C31H45N9O16P2/c1-4-6-7-20(41)38(3)16(11-51-10-5-2)30(44)56-24-17(54-28(22(24)42)40-15-36-21-26(33)34-14-35-27(21)40)12-52-57(46,47)25-18(13-53-58(48,49)50)55-29(23(25)43)39-9-8-19(32)37-31(39)45/h4,8-9,14-18,22-25,28-29,42-43H,1,5-7,10-13H2,2-3H3,(H,46,47)(H2,32,37,45)(H2,33,34,35)(H2,48,49,50)/t16-,17?,18+,22+,23+,24+,25+,28+,29+/m0/s1. The fourth-order valence-electron chi connectivity index (χ4n) is 6.31. The lowest BCUT2D eigenvalue weighted by Gasteiger charge is -2.30. The molecule has 2 saturated heterocycles. The molecule has 0 aromatic carbocycles. The summed E-state index contributed by atoms with van der Waals surface area (Å²) in [6, 6.07) is -0.160. The molecule has 320 valence electrons. The minimum Gasteiger partial charge on any atom is -0.455 e. The predicted octanol–water partition coefficient (Wildman–Crippen LogP) is -1.42. The number of anilines is 2. The van der Waals surface area contributed by atoms with Crippen molar-refractivity contribution in [2.24, 2.45) is 0 Å². The van der Waals surface area contributed by atoms with Gasteiger partial charge in [0.15, 0.2) is 36.1 Å². The molecule has 0 spiro atoms. The van der Waals surface area contributed by atoms with E-state index in [1.165, 1.54) is 30.1 Å². The highest BCUT2D eigenvalue weighted by atomic mass is 31.2. The van der Waals surface area contributed by atoms with E-state index in [0.717, 1.165) is 22.0 Å². The number of nitrogens with two attached hydrogens (primary N) is 2. The summed E-state index contributed by atoms with van der Waals surface area (Å²) in [6.45, 7) is 3.37. The molecule has 9 N–H and O–H groups in total. The van der Waals surface area contributed by atoms with Gasteiger partial charge in [-0.1, -0.05) is 13.0 Å². The Morgan fingerprint density at radius 2 is 1.74 bits per heavy atom. The van der Waals surface area contributed by atoms with Crippen LogP contribution in [-0.2, 0) is 46.7 Å². The quantitative estimate of drug-likeness (QED) is 0.0314. The number of esters is 1. The van der Waals surface area contributed by atoms with Crippen molar-refractivity contribution in [1.29, 1.82) is 0 Å². The normalized spacial score (nSPS) is 26.3. The summed E-state index contributed by atoms with van der Waals surface area (Å²) in [5.74, 6) is -1.70. The number of allylic oxidation sites excluding steroid dienone is 1. The van der Waals surface area contributed by atoms with Crippen LogP contribution in [0.3, 0.4) is 0 Å². The van der Waals surface area contributed by atoms with Crippen molar-refractivity contribution in [3.05, 3.63) is 48.1 Å². The zero-order valence-electron chi connectivity index (χ0n) is 31.1. The number of aliphatic hydroxyl groups excluding tert-OH is 2. The molecule has 58 heavy (non-hydrogen) atoms. The molecular weight excluding hydrogens is 816 g/mol. The van der Waals surface area contributed by atoms with E-state index in [2.05, 4.69) is 31.0 Å². The minimum atomic E-state index is -5.26. The first-order chi connectivity index (χ1) is 27.4. The Morgan fingerprint density at radius 3 is 2.41 bits per heavy atom. The van der Waals surface area contributed by atoms with Crippen molar-refractivity contribution in [3.8, 4) is 0 Å². The van der Waals surface area contributed by atoms with E-state index in [0.29, 0.717) is 12.8 Å². The van der Waals surface area contributed by atoms with E-state index in [-0.39, 0.29) is 42.4 Å². The van der Waals surface area contributed by atoms with Gasteiger partial charge in [-0.25, -0.2) is 29.1 Å². The molecule has 10 atom stereocenters. The number of nitrogens with zero attached hydrogens (tertiary/aromatic N) is 7. The van der Waals surface area contributed by atoms with E-state index in [1.807, 2.05) is 6.92 Å². The van der Waals surface area contributed by atoms with Gasteiger partial charge in [0, 0.05) is 26.3 Å². The highest BCUT2D eigenvalue weighted by Crippen LogP contribution is 2.56. The number of phosphoric ester groups is 1. The van der Waals surface area contributed by atoms with Gasteiger partial charge in [-0.2, -0.15) is 4.98 Å². The number of hydrogen-bond donors (Lipinski definition) is 7. The van der Waals surface area contributed by atoms with E-state index in [4.69, 9.17) is 34.9 Å². The van der Waals surface area contributed by atoms with Gasteiger partial charge in [-0.3, -0.25) is 23.0 Å². The smallest absolute Gasteiger partial charge is 0.455 e. The van der Waals surface area contributed by atoms with Gasteiger partial charge < -0.3 is 64.7 Å². The Bertz CT molecular complexity index is 2100. The van der Waals surface area contributed by atoms with Crippen LogP contribution in [0.2, 0.25) is 0 Å². The third kappa shape index (κ3) is 10.1. The van der Waals surface area contributed by atoms with Crippen LogP contribution < -0.4 is 17.2 Å². The summed E-state index contributed by atoms with van der Waals surface area (Å²) in [7, 11) is -9.10. The third-order valence-corrected chi connectivity index (χ3v) is 11.6. The highest BCUT2D eigenvalue weighted by Gasteiger charge is 2.56. The fourth-order valence-corrected chi connectivity index (χ4v) is 8.29. The molecule has 2 unspecified atom stereocenters. The van der Waals surface area contributed by atoms with Crippen LogP contribution in [0, 0.1) is 0 Å². The number of carbonyl (C=O) groups is 2. The van der Waals surface area contributed by atoms with E-state index >= 15 is 0 Å². The lowest BCUT2D eigenvalue weighted by Crippen LogP contribution is -2.49. The number of nitrogen functional groups attached to an aromatic ring is 2. The number of likely N-dealkylation sites (N-methyl/N-ethyl adjacent to an activating group) is 1. The van der Waals surface area contributed by atoms with E-state index in [9.17, 15) is 48.4 Å². The number of hydrogen-bond acceptors (Lipinski definition) is 19. The molecular formula is C31H45N9O16P2. The second-order valence-corrected chi connectivity index (χ2v) is 16.4. The van der Waals surface area contributed by atoms with E-state index in [1.54, 1.807) is 0 Å². The summed E-state index contributed by atoms with van der Waals surface area (Å²) < 4.78 is 60.7. The minimum absolute atomic E-state index is 0.00987. The van der Waals surface area contributed by atoms with Crippen LogP contribution in [0.5, 0.6) is 0 Å². The molecule has 3 aromatic rings. The zero-order chi connectivity index (χ0) is 42.5. The molecule has 0 saturated carbocycles. The van der Waals surface area contributed by atoms with Crippen LogP contribution in [0.4, 0.5) is 11.6 Å². The number of ether oxygens (including phenoxy) is 4. The van der Waals surface area contributed by atoms with Crippen molar-refractivity contribution in [2.45, 2.75) is 80.9 Å². The summed E-state index contributed by atoms with van der Waals surface area (Å²) in [5.41, 5.74) is 8.63. The van der Waals surface area contributed by atoms with Crippen molar-refractivity contribution < 1.29 is 71.6 Å². The highest BCUT2D eigenvalue weighted by molar-refractivity contribution is 7.53. The van der Waals surface area contributed by atoms with Gasteiger partial charge in [0.1, 0.15) is 47.7 Å². The van der Waals surface area contributed by atoms with Crippen molar-refractivity contribution in [2.75, 3.05) is 44.9 Å². The molecule has 3 aromatic heterocycles. The average molecular weight is 862 g/mol. The summed E-state index contributed by atoms with van der Waals surface area (Å²) in [6.07, 6.45) is -6.24. The van der Waals surface area contributed by atoms with Crippen LogP contribution in [0.15, 0.2) is 42.4 Å². The number of aromatic nitrogens is 6. The van der Waals surface area contributed by atoms with Crippen molar-refractivity contribution in [3.63, 3.8) is 0 Å². The molecule has 5 heterocycles. The van der Waals surface area contributed by atoms with Crippen LogP contribution >= 0.6 is 15.4 Å². The SMILES string of the molecule is C=CCCC(=O)N(C)[C@@H](COCCC)C(=O)O[C@@H]1C(COP(=O)(O)[C@H]2[C@@H](O)[C@H](n3ccc(N)nc3=O)O[C@@H]2COP(=O)(O)O)O[C@@H](n2cnc3c(N)ncnc32)[C@@H]1O. The largest absolute Gasteiger partial charge is 0.469 e.